The molecule has 1 aromatic carbocycles. The highest BCUT2D eigenvalue weighted by molar-refractivity contribution is 5.59. The molecule has 0 radical (unpaired) electrons. The largest absolute Gasteiger partial charge is 0.493 e. The van der Waals surface area contributed by atoms with Gasteiger partial charge in [0.05, 0.1) is 30.7 Å². The summed E-state index contributed by atoms with van der Waals surface area (Å²) in [7, 11) is 0. The first-order chi connectivity index (χ1) is 15.7. The first-order valence-corrected chi connectivity index (χ1v) is 11.3. The van der Waals surface area contributed by atoms with Gasteiger partial charge in [-0.3, -0.25) is 19.0 Å². The normalized spacial score (nSPS) is 16.4. The van der Waals surface area contributed by atoms with Crippen LogP contribution < -0.4 is 5.69 Å². The minimum atomic E-state index is -2.62. The van der Waals surface area contributed by atoms with Crippen molar-refractivity contribution >= 4 is 0 Å². The highest BCUT2D eigenvalue weighted by atomic mass is 19.3. The standard InChI is InChI=1S/C25H30F2N4O2/c1-18(2)13-31-23(32)16-30(24(31)33)14-19-7-9-20(10-8-19)22-6-3-5-21(28-22)15-29-12-4-11-25(26,27)17-29/h3,5-10,16,18,32H,4,11-15,17H2,1-2H3. The van der Waals surface area contributed by atoms with E-state index in [-0.39, 0.29) is 30.5 Å². The Labute approximate surface area is 192 Å². The molecule has 0 saturated carbocycles. The van der Waals surface area contributed by atoms with Gasteiger partial charge in [-0.05, 0) is 36.6 Å². The summed E-state index contributed by atoms with van der Waals surface area (Å²) in [6.07, 6.45) is 1.92. The van der Waals surface area contributed by atoms with Crippen LogP contribution in [0.5, 0.6) is 5.88 Å². The molecule has 3 aromatic rings. The number of piperidine rings is 1. The molecule has 0 aliphatic carbocycles. The average molecular weight is 457 g/mol. The molecule has 2 aromatic heterocycles. The minimum Gasteiger partial charge on any atom is -0.493 e. The Morgan fingerprint density at radius 1 is 1.12 bits per heavy atom. The van der Waals surface area contributed by atoms with Gasteiger partial charge >= 0.3 is 5.69 Å². The van der Waals surface area contributed by atoms with Crippen LogP contribution in [0.4, 0.5) is 8.78 Å². The summed E-state index contributed by atoms with van der Waals surface area (Å²) in [5.74, 6) is -2.41. The molecule has 0 spiro atoms. The lowest BCUT2D eigenvalue weighted by molar-refractivity contribution is -0.0663. The molecule has 33 heavy (non-hydrogen) atoms. The summed E-state index contributed by atoms with van der Waals surface area (Å²) in [6, 6.07) is 13.4. The Hall–Kier alpha value is -3.00. The fourth-order valence-corrected chi connectivity index (χ4v) is 4.28. The van der Waals surface area contributed by atoms with Crippen LogP contribution in [0.15, 0.2) is 53.5 Å². The molecule has 1 fully saturated rings. The Morgan fingerprint density at radius 2 is 1.88 bits per heavy atom. The van der Waals surface area contributed by atoms with Crippen molar-refractivity contribution in [3.63, 3.8) is 0 Å². The zero-order valence-electron chi connectivity index (χ0n) is 19.0. The maximum Gasteiger partial charge on any atom is 0.331 e. The maximum atomic E-state index is 13.7. The first-order valence-electron chi connectivity index (χ1n) is 11.3. The number of aromatic hydroxyl groups is 1. The number of likely N-dealkylation sites (tertiary alicyclic amines) is 1. The van der Waals surface area contributed by atoms with Crippen molar-refractivity contribution in [2.75, 3.05) is 13.1 Å². The number of hydrogen-bond acceptors (Lipinski definition) is 4. The van der Waals surface area contributed by atoms with E-state index in [9.17, 15) is 18.7 Å². The Morgan fingerprint density at radius 3 is 2.58 bits per heavy atom. The molecule has 6 nitrogen and oxygen atoms in total. The zero-order valence-corrected chi connectivity index (χ0v) is 19.0. The molecule has 4 rings (SSSR count). The van der Waals surface area contributed by atoms with Gasteiger partial charge in [0, 0.05) is 25.1 Å². The fourth-order valence-electron chi connectivity index (χ4n) is 4.28. The van der Waals surface area contributed by atoms with Crippen LogP contribution in [0.25, 0.3) is 11.3 Å². The summed E-state index contributed by atoms with van der Waals surface area (Å²) in [5, 5.41) is 10.1. The van der Waals surface area contributed by atoms with E-state index in [4.69, 9.17) is 0 Å². The van der Waals surface area contributed by atoms with Gasteiger partial charge in [0.25, 0.3) is 5.92 Å². The van der Waals surface area contributed by atoms with Gasteiger partial charge in [0.2, 0.25) is 5.88 Å². The quantitative estimate of drug-likeness (QED) is 0.574. The van der Waals surface area contributed by atoms with Gasteiger partial charge in [0.15, 0.2) is 0 Å². The zero-order chi connectivity index (χ0) is 23.6. The van der Waals surface area contributed by atoms with Gasteiger partial charge in [-0.1, -0.05) is 44.2 Å². The number of alkyl halides is 2. The topological polar surface area (TPSA) is 63.3 Å². The monoisotopic (exact) mass is 456 g/mol. The van der Waals surface area contributed by atoms with Gasteiger partial charge < -0.3 is 5.11 Å². The lowest BCUT2D eigenvalue weighted by Gasteiger charge is -2.32. The second kappa shape index (κ2) is 9.47. The van der Waals surface area contributed by atoms with Crippen molar-refractivity contribution in [2.45, 2.75) is 52.2 Å². The third-order valence-electron chi connectivity index (χ3n) is 5.84. The van der Waals surface area contributed by atoms with E-state index in [1.165, 1.54) is 15.3 Å². The van der Waals surface area contributed by atoms with E-state index in [1.807, 2.05) is 56.3 Å². The SMILES string of the molecule is CC(C)Cn1c(O)cn(Cc2ccc(-c3cccc(CN4CCCC(F)(F)C4)n3)cc2)c1=O. The molecule has 0 atom stereocenters. The van der Waals surface area contributed by atoms with Crippen LogP contribution in [-0.4, -0.2) is 43.1 Å². The number of hydrogen-bond donors (Lipinski definition) is 1. The molecule has 0 bridgehead atoms. The summed E-state index contributed by atoms with van der Waals surface area (Å²) in [5.41, 5.74) is 3.15. The smallest absolute Gasteiger partial charge is 0.331 e. The van der Waals surface area contributed by atoms with Gasteiger partial charge in [0.1, 0.15) is 0 Å². The van der Waals surface area contributed by atoms with E-state index in [0.717, 1.165) is 22.5 Å². The number of rotatable bonds is 7. The predicted molar refractivity (Wildman–Crippen MR) is 123 cm³/mol. The van der Waals surface area contributed by atoms with E-state index < -0.39 is 5.92 Å². The summed E-state index contributed by atoms with van der Waals surface area (Å²) >= 11 is 0. The Balaban J connectivity index is 1.46. The van der Waals surface area contributed by atoms with Crippen molar-refractivity contribution in [1.82, 2.24) is 19.0 Å². The van der Waals surface area contributed by atoms with Crippen molar-refractivity contribution in [2.24, 2.45) is 5.92 Å². The van der Waals surface area contributed by atoms with E-state index in [1.54, 1.807) is 4.90 Å². The second-order valence-electron chi connectivity index (χ2n) is 9.28. The van der Waals surface area contributed by atoms with E-state index >= 15 is 0 Å². The van der Waals surface area contributed by atoms with Crippen molar-refractivity contribution in [3.05, 3.63) is 70.4 Å². The molecule has 0 unspecified atom stereocenters. The number of pyridine rings is 1. The Bertz CT molecular complexity index is 1150. The molecule has 1 aliphatic heterocycles. The van der Waals surface area contributed by atoms with Crippen LogP contribution in [0.2, 0.25) is 0 Å². The number of nitrogens with zero attached hydrogens (tertiary/aromatic N) is 4. The number of benzene rings is 1. The average Bonchev–Trinajstić information content (AvgIpc) is 3.01. The van der Waals surface area contributed by atoms with Crippen molar-refractivity contribution < 1.29 is 13.9 Å². The van der Waals surface area contributed by atoms with Gasteiger partial charge in [-0.2, -0.15) is 0 Å². The summed E-state index contributed by atoms with van der Waals surface area (Å²) < 4.78 is 30.3. The summed E-state index contributed by atoms with van der Waals surface area (Å²) in [4.78, 5) is 19.0. The highest BCUT2D eigenvalue weighted by Crippen LogP contribution is 2.27. The van der Waals surface area contributed by atoms with E-state index in [0.29, 0.717) is 32.6 Å². The van der Waals surface area contributed by atoms with Crippen LogP contribution in [-0.2, 0) is 19.6 Å². The molecule has 1 N–H and O–H groups in total. The number of imidazole rings is 1. The number of aromatic nitrogens is 3. The second-order valence-corrected chi connectivity index (χ2v) is 9.28. The third-order valence-corrected chi connectivity index (χ3v) is 5.84. The predicted octanol–water partition coefficient (Wildman–Crippen LogP) is 4.35. The van der Waals surface area contributed by atoms with Crippen LogP contribution in [0.1, 0.15) is 37.9 Å². The first kappa shape index (κ1) is 23.2. The van der Waals surface area contributed by atoms with Gasteiger partial charge in [-0.25, -0.2) is 13.6 Å². The minimum absolute atomic E-state index is 0.0298. The summed E-state index contributed by atoms with van der Waals surface area (Å²) in [6.45, 7) is 5.65. The number of halogens is 2. The lowest BCUT2D eigenvalue weighted by atomic mass is 10.1. The third kappa shape index (κ3) is 5.68. The van der Waals surface area contributed by atoms with Crippen LogP contribution in [0, 0.1) is 5.92 Å². The lowest BCUT2D eigenvalue weighted by Crippen LogP contribution is -2.42. The molecule has 1 aliphatic rings. The maximum absolute atomic E-state index is 13.7. The van der Waals surface area contributed by atoms with Gasteiger partial charge in [-0.15, -0.1) is 0 Å². The Kier molecular flexibility index (Phi) is 6.65. The van der Waals surface area contributed by atoms with E-state index in [2.05, 4.69) is 4.98 Å². The van der Waals surface area contributed by atoms with Crippen LogP contribution in [0.3, 0.4) is 0 Å². The molecule has 8 heteroatoms. The van der Waals surface area contributed by atoms with Crippen LogP contribution >= 0.6 is 0 Å². The molecular weight excluding hydrogens is 426 g/mol. The molecular formula is C25H30F2N4O2. The molecule has 176 valence electrons. The van der Waals surface area contributed by atoms with Crippen molar-refractivity contribution in [1.29, 1.82) is 0 Å². The molecule has 3 heterocycles. The highest BCUT2D eigenvalue weighted by Gasteiger charge is 2.35. The van der Waals surface area contributed by atoms with Crippen molar-refractivity contribution in [3.8, 4) is 17.1 Å². The fraction of sp³-hybridized carbons (Fsp3) is 0.440. The molecule has 0 amide bonds. The molecule has 1 saturated heterocycles.